The molecule has 1 saturated carbocycles. The molecule has 1 N–H and O–H groups in total. The van der Waals surface area contributed by atoms with Crippen LogP contribution in [0, 0.1) is 39.7 Å². The molecule has 47 heavy (non-hydrogen) atoms. The minimum Gasteiger partial charge on any atom is -0.490 e. The third-order valence-corrected chi connectivity index (χ3v) is 8.79. The number of aromatic nitrogens is 2. The summed E-state index contributed by atoms with van der Waals surface area (Å²) >= 11 is 0. The van der Waals surface area contributed by atoms with Crippen LogP contribution in [0.4, 0.5) is 8.78 Å². The number of aliphatic carboxylic acids is 1. The maximum atomic E-state index is 15.2. The maximum absolute atomic E-state index is 15.2. The first-order valence-corrected chi connectivity index (χ1v) is 15.5. The highest BCUT2D eigenvalue weighted by Gasteiger charge is 2.43. The van der Waals surface area contributed by atoms with E-state index in [1.165, 1.54) is 24.3 Å². The first-order chi connectivity index (χ1) is 22.7. The van der Waals surface area contributed by atoms with E-state index in [9.17, 15) is 14.4 Å². The number of nitrogens with zero attached hydrogens (tertiary/aromatic N) is 5. The molecule has 2 aliphatic rings. The van der Waals surface area contributed by atoms with Crippen molar-refractivity contribution in [3.63, 3.8) is 0 Å². The second-order valence-corrected chi connectivity index (χ2v) is 12.3. The smallest absolute Gasteiger partial charge is 0.328 e. The predicted octanol–water partition coefficient (Wildman–Crippen LogP) is 6.60. The van der Waals surface area contributed by atoms with Gasteiger partial charge in [-0.15, -0.1) is 0 Å². The summed E-state index contributed by atoms with van der Waals surface area (Å²) in [5.74, 6) is -0.728. The Balaban J connectivity index is 1.11. The SMILES string of the molecule is N#CCC1(Cn2c(CN3CCC(Oc4cccc(COc5ccc(C#N)cc5F)c4)CC3)nc3c(F)cc(/C=C/C(=O)O)cc32)CC1. The van der Waals surface area contributed by atoms with Gasteiger partial charge in [0, 0.05) is 37.5 Å². The van der Waals surface area contributed by atoms with Crippen LogP contribution in [0.25, 0.3) is 17.1 Å². The Bertz CT molecular complexity index is 1910. The van der Waals surface area contributed by atoms with Gasteiger partial charge in [-0.3, -0.25) is 4.90 Å². The lowest BCUT2D eigenvalue weighted by molar-refractivity contribution is -0.131. The average Bonchev–Trinajstić information content (AvgIpc) is 3.74. The first-order valence-electron chi connectivity index (χ1n) is 15.5. The molecule has 11 heteroatoms. The lowest BCUT2D eigenvalue weighted by Gasteiger charge is -2.32. The minimum atomic E-state index is -1.11. The summed E-state index contributed by atoms with van der Waals surface area (Å²) in [7, 11) is 0. The highest BCUT2D eigenvalue weighted by Crippen LogP contribution is 2.50. The number of imidazole rings is 1. The van der Waals surface area contributed by atoms with E-state index in [1.54, 1.807) is 6.07 Å². The van der Waals surface area contributed by atoms with Gasteiger partial charge in [0.25, 0.3) is 0 Å². The van der Waals surface area contributed by atoms with Crippen LogP contribution in [0.2, 0.25) is 0 Å². The average molecular weight is 638 g/mol. The van der Waals surface area contributed by atoms with E-state index in [-0.39, 0.29) is 35.0 Å². The van der Waals surface area contributed by atoms with Gasteiger partial charge in [-0.2, -0.15) is 10.5 Å². The third kappa shape index (κ3) is 7.59. The Morgan fingerprint density at radius 2 is 1.89 bits per heavy atom. The van der Waals surface area contributed by atoms with Crippen LogP contribution in [0.15, 0.2) is 60.7 Å². The molecule has 0 amide bonds. The second-order valence-electron chi connectivity index (χ2n) is 12.3. The number of piperidine rings is 1. The molecule has 0 unspecified atom stereocenters. The molecule has 240 valence electrons. The third-order valence-electron chi connectivity index (χ3n) is 8.79. The van der Waals surface area contributed by atoms with Crippen molar-refractivity contribution >= 4 is 23.1 Å². The predicted molar refractivity (Wildman–Crippen MR) is 169 cm³/mol. The summed E-state index contributed by atoms with van der Waals surface area (Å²) in [6.07, 6.45) is 6.13. The Labute approximate surface area is 270 Å². The number of hydrogen-bond donors (Lipinski definition) is 1. The fraction of sp³-hybridized carbons (Fsp3) is 0.333. The number of halogens is 2. The zero-order valence-electron chi connectivity index (χ0n) is 25.7. The van der Waals surface area contributed by atoms with Crippen molar-refractivity contribution in [3.05, 3.63) is 94.8 Å². The Morgan fingerprint density at radius 1 is 1.09 bits per heavy atom. The summed E-state index contributed by atoms with van der Waals surface area (Å²) < 4.78 is 43.4. The van der Waals surface area contributed by atoms with Crippen molar-refractivity contribution in [2.24, 2.45) is 5.41 Å². The molecular formula is C36H33F2N5O4. The molecule has 4 aromatic rings. The van der Waals surface area contributed by atoms with Crippen LogP contribution in [-0.4, -0.2) is 44.7 Å². The number of fused-ring (bicyclic) bond motifs is 1. The molecule has 3 aromatic carbocycles. The first kappa shape index (κ1) is 31.7. The summed E-state index contributed by atoms with van der Waals surface area (Å²) in [6.45, 7) is 2.69. The Hall–Kier alpha value is -5.26. The number of hydrogen-bond acceptors (Lipinski definition) is 7. The lowest BCUT2D eigenvalue weighted by atomic mass is 10.0. The zero-order chi connectivity index (χ0) is 33.0. The molecule has 1 aliphatic heterocycles. The number of carboxylic acids is 1. The number of likely N-dealkylation sites (tertiary alicyclic amines) is 1. The van der Waals surface area contributed by atoms with E-state index in [0.717, 1.165) is 56.5 Å². The number of carboxylic acid groups (broad SMARTS) is 1. The number of rotatable bonds is 12. The molecule has 0 radical (unpaired) electrons. The van der Waals surface area contributed by atoms with Crippen molar-refractivity contribution in [2.45, 2.75) is 57.9 Å². The van der Waals surface area contributed by atoms with Gasteiger partial charge in [0.2, 0.25) is 0 Å². The van der Waals surface area contributed by atoms with Crippen LogP contribution in [0.3, 0.4) is 0 Å². The molecular weight excluding hydrogens is 604 g/mol. The van der Waals surface area contributed by atoms with Gasteiger partial charge in [-0.1, -0.05) is 12.1 Å². The molecule has 0 atom stereocenters. The molecule has 0 spiro atoms. The summed E-state index contributed by atoms with van der Waals surface area (Å²) in [5, 5.41) is 27.4. The summed E-state index contributed by atoms with van der Waals surface area (Å²) in [4.78, 5) is 18.0. The van der Waals surface area contributed by atoms with E-state index in [1.807, 2.05) is 34.9 Å². The maximum Gasteiger partial charge on any atom is 0.328 e. The molecule has 2 heterocycles. The van der Waals surface area contributed by atoms with Gasteiger partial charge in [0.15, 0.2) is 17.4 Å². The van der Waals surface area contributed by atoms with Crippen molar-refractivity contribution in [2.75, 3.05) is 13.1 Å². The Morgan fingerprint density at radius 3 is 2.60 bits per heavy atom. The van der Waals surface area contributed by atoms with E-state index in [0.29, 0.717) is 42.2 Å². The molecule has 2 fully saturated rings. The lowest BCUT2D eigenvalue weighted by Crippen LogP contribution is -2.38. The van der Waals surface area contributed by atoms with Crippen molar-refractivity contribution < 1.29 is 28.2 Å². The van der Waals surface area contributed by atoms with Crippen LogP contribution < -0.4 is 9.47 Å². The number of benzene rings is 3. The monoisotopic (exact) mass is 637 g/mol. The normalized spacial score (nSPS) is 16.2. The molecule has 9 nitrogen and oxygen atoms in total. The Kier molecular flexibility index (Phi) is 9.19. The van der Waals surface area contributed by atoms with Gasteiger partial charge < -0.3 is 19.1 Å². The van der Waals surface area contributed by atoms with Gasteiger partial charge in [0.1, 0.15) is 29.8 Å². The number of ether oxygens (including phenoxy) is 2. The minimum absolute atomic E-state index is 0.0106. The standard InChI is InChI=1S/C36H33F2N5O4/c37-29-18-25(20-40)4-6-32(29)46-22-26-2-1-3-28(16-26)47-27-8-14-42(15-9-27)21-33-41-35-30(38)17-24(5-7-34(44)45)19-31(35)43(33)23-36(10-11-36)12-13-39/h1-7,16-19,27H,8-12,14-15,21-23H2,(H,44,45)/b7-5+. The zero-order valence-corrected chi connectivity index (χ0v) is 25.7. The molecule has 1 aromatic heterocycles. The highest BCUT2D eigenvalue weighted by atomic mass is 19.1. The van der Waals surface area contributed by atoms with Gasteiger partial charge >= 0.3 is 5.97 Å². The van der Waals surface area contributed by atoms with Crippen molar-refractivity contribution in [1.29, 1.82) is 10.5 Å². The summed E-state index contributed by atoms with van der Waals surface area (Å²) in [6, 6.07) is 18.8. The number of carbonyl (C=O) groups is 1. The largest absolute Gasteiger partial charge is 0.490 e. The van der Waals surface area contributed by atoms with E-state index in [4.69, 9.17) is 24.8 Å². The van der Waals surface area contributed by atoms with Crippen LogP contribution in [-0.2, 0) is 24.5 Å². The fourth-order valence-electron chi connectivity index (χ4n) is 6.02. The molecule has 6 rings (SSSR count). The van der Waals surface area contributed by atoms with Crippen LogP contribution >= 0.6 is 0 Å². The van der Waals surface area contributed by atoms with E-state index >= 15 is 4.39 Å². The van der Waals surface area contributed by atoms with Crippen molar-refractivity contribution in [3.8, 4) is 23.6 Å². The van der Waals surface area contributed by atoms with E-state index < -0.39 is 17.6 Å². The highest BCUT2D eigenvalue weighted by molar-refractivity contribution is 5.87. The molecule has 1 saturated heterocycles. The summed E-state index contributed by atoms with van der Waals surface area (Å²) in [5.41, 5.74) is 2.17. The fourth-order valence-corrected chi connectivity index (χ4v) is 6.02. The number of nitriles is 2. The molecule has 0 bridgehead atoms. The van der Waals surface area contributed by atoms with Gasteiger partial charge in [0.05, 0.1) is 29.8 Å². The quantitative estimate of drug-likeness (QED) is 0.172. The second kappa shape index (κ2) is 13.6. The molecule has 1 aliphatic carbocycles. The van der Waals surface area contributed by atoms with Gasteiger partial charge in [-0.25, -0.2) is 18.6 Å². The van der Waals surface area contributed by atoms with Gasteiger partial charge in [-0.05, 0) is 85.4 Å². The van der Waals surface area contributed by atoms with Crippen molar-refractivity contribution in [1.82, 2.24) is 14.5 Å². The van der Waals surface area contributed by atoms with Crippen LogP contribution in [0.5, 0.6) is 11.5 Å². The van der Waals surface area contributed by atoms with Crippen LogP contribution in [0.1, 0.15) is 54.6 Å². The topological polar surface area (TPSA) is 124 Å². The van der Waals surface area contributed by atoms with E-state index in [2.05, 4.69) is 11.0 Å².